The summed E-state index contributed by atoms with van der Waals surface area (Å²) >= 11 is 0. The molecule has 3 heterocycles. The molecule has 0 atom stereocenters. The number of fused-ring (bicyclic) bond motifs is 3. The van der Waals surface area contributed by atoms with Gasteiger partial charge in [0.25, 0.3) is 5.56 Å². The zero-order chi connectivity index (χ0) is 20.7. The molecule has 0 saturated carbocycles. The van der Waals surface area contributed by atoms with Crippen LogP contribution in [-0.2, 0) is 32.6 Å². The number of aromatic nitrogens is 2. The largest absolute Gasteiger partial charge is 0.336 e. The Kier molecular flexibility index (Phi) is 4.91. The number of hydrogen-bond donors (Lipinski definition) is 0. The first kappa shape index (κ1) is 19.1. The molecule has 0 aliphatic carbocycles. The minimum atomic E-state index is -0.0533. The van der Waals surface area contributed by atoms with Gasteiger partial charge in [-0.1, -0.05) is 48.5 Å². The Morgan fingerprint density at radius 2 is 1.53 bits per heavy atom. The van der Waals surface area contributed by atoms with E-state index in [1.165, 1.54) is 27.9 Å². The average Bonchev–Trinajstić information content (AvgIpc) is 3.14. The Morgan fingerprint density at radius 1 is 0.867 bits per heavy atom. The summed E-state index contributed by atoms with van der Waals surface area (Å²) in [6.07, 6.45) is 0.907. The molecule has 5 rings (SSSR count). The van der Waals surface area contributed by atoms with Gasteiger partial charge in [-0.2, -0.15) is 4.98 Å². The monoisotopic (exact) mass is 400 g/mol. The minimum Gasteiger partial charge on any atom is -0.336 e. The predicted molar refractivity (Wildman–Crippen MR) is 120 cm³/mol. The maximum Gasteiger partial charge on any atom is 0.279 e. The van der Waals surface area contributed by atoms with Crippen molar-refractivity contribution in [3.63, 3.8) is 0 Å². The fourth-order valence-electron chi connectivity index (χ4n) is 4.74. The third-order valence-corrected chi connectivity index (χ3v) is 6.58. The summed E-state index contributed by atoms with van der Waals surface area (Å²) in [6, 6.07) is 17.0. The van der Waals surface area contributed by atoms with Crippen LogP contribution >= 0.6 is 0 Å². The van der Waals surface area contributed by atoms with Crippen LogP contribution in [0.1, 0.15) is 33.5 Å². The number of aryl methyl sites for hydroxylation is 2. The standard InChI is InChI=1S/C25H28N4O/c1-18-7-3-5-9-20(18)15-27-12-11-23-22(17-27)24(30)26-25-28(13-14-29(23)25)16-21-10-6-4-8-19(21)2/h3-10H,11-17H2,1-2H3. The van der Waals surface area contributed by atoms with E-state index in [0.717, 1.165) is 50.7 Å². The number of hydrogen-bond acceptors (Lipinski definition) is 4. The van der Waals surface area contributed by atoms with Gasteiger partial charge in [0.2, 0.25) is 5.95 Å². The normalized spacial score (nSPS) is 15.9. The fourth-order valence-corrected chi connectivity index (χ4v) is 4.74. The molecule has 30 heavy (non-hydrogen) atoms. The Balaban J connectivity index is 1.40. The van der Waals surface area contributed by atoms with Gasteiger partial charge < -0.3 is 9.47 Å². The molecule has 0 radical (unpaired) electrons. The second kappa shape index (κ2) is 7.73. The van der Waals surface area contributed by atoms with Gasteiger partial charge in [0.05, 0.1) is 5.56 Å². The van der Waals surface area contributed by atoms with Gasteiger partial charge >= 0.3 is 0 Å². The maximum atomic E-state index is 13.0. The zero-order valence-corrected chi connectivity index (χ0v) is 17.8. The summed E-state index contributed by atoms with van der Waals surface area (Å²) in [5.74, 6) is 0.842. The van der Waals surface area contributed by atoms with E-state index >= 15 is 0 Å². The highest BCUT2D eigenvalue weighted by molar-refractivity contribution is 5.42. The van der Waals surface area contributed by atoms with Crippen molar-refractivity contribution in [2.75, 3.05) is 18.0 Å². The smallest absolute Gasteiger partial charge is 0.279 e. The summed E-state index contributed by atoms with van der Waals surface area (Å²) < 4.78 is 2.29. The van der Waals surface area contributed by atoms with Crippen LogP contribution in [0.25, 0.3) is 0 Å². The first-order chi connectivity index (χ1) is 14.6. The average molecular weight is 401 g/mol. The number of rotatable bonds is 4. The third-order valence-electron chi connectivity index (χ3n) is 6.58. The van der Waals surface area contributed by atoms with E-state index < -0.39 is 0 Å². The van der Waals surface area contributed by atoms with E-state index in [4.69, 9.17) is 0 Å². The highest BCUT2D eigenvalue weighted by atomic mass is 16.1. The van der Waals surface area contributed by atoms with Crippen molar-refractivity contribution in [3.05, 3.63) is 92.4 Å². The number of anilines is 1. The molecule has 154 valence electrons. The summed E-state index contributed by atoms with van der Waals surface area (Å²) in [7, 11) is 0. The zero-order valence-electron chi connectivity index (χ0n) is 17.8. The van der Waals surface area contributed by atoms with E-state index in [0.29, 0.717) is 6.54 Å². The van der Waals surface area contributed by atoms with Gasteiger partial charge in [-0.25, -0.2) is 0 Å². The van der Waals surface area contributed by atoms with Crippen molar-refractivity contribution in [1.29, 1.82) is 0 Å². The first-order valence-electron chi connectivity index (χ1n) is 10.8. The van der Waals surface area contributed by atoms with Gasteiger partial charge in [-0.3, -0.25) is 9.69 Å². The predicted octanol–water partition coefficient (Wildman–Crippen LogP) is 3.44. The van der Waals surface area contributed by atoms with Gasteiger partial charge in [0.1, 0.15) is 0 Å². The van der Waals surface area contributed by atoms with Crippen LogP contribution < -0.4 is 10.5 Å². The lowest BCUT2D eigenvalue weighted by Gasteiger charge is -2.30. The van der Waals surface area contributed by atoms with Crippen LogP contribution in [0.4, 0.5) is 5.95 Å². The van der Waals surface area contributed by atoms with Crippen molar-refractivity contribution < 1.29 is 0 Å². The molecule has 5 heteroatoms. The van der Waals surface area contributed by atoms with E-state index in [9.17, 15) is 4.79 Å². The Hall–Kier alpha value is -2.92. The molecule has 2 aliphatic heterocycles. The van der Waals surface area contributed by atoms with Crippen molar-refractivity contribution in [2.45, 2.75) is 46.4 Å². The van der Waals surface area contributed by atoms with Crippen LogP contribution in [0.2, 0.25) is 0 Å². The molecule has 0 amide bonds. The van der Waals surface area contributed by atoms with E-state index in [1.807, 2.05) is 0 Å². The SMILES string of the molecule is Cc1ccccc1CN1CCc2c(c(=O)nc3n2CCN3Cc2ccccc2C)C1. The summed E-state index contributed by atoms with van der Waals surface area (Å²) in [6.45, 7) is 9.46. The summed E-state index contributed by atoms with van der Waals surface area (Å²) in [4.78, 5) is 22.1. The molecule has 2 aliphatic rings. The van der Waals surface area contributed by atoms with Crippen LogP contribution in [0.5, 0.6) is 0 Å². The molecule has 3 aromatic rings. The maximum absolute atomic E-state index is 13.0. The lowest BCUT2D eigenvalue weighted by molar-refractivity contribution is 0.239. The molecule has 5 nitrogen and oxygen atoms in total. The lowest BCUT2D eigenvalue weighted by Crippen LogP contribution is -2.37. The molecule has 0 bridgehead atoms. The minimum absolute atomic E-state index is 0.0533. The summed E-state index contributed by atoms with van der Waals surface area (Å²) in [5, 5.41) is 0. The molecule has 0 saturated heterocycles. The highest BCUT2D eigenvalue weighted by Gasteiger charge is 2.29. The third kappa shape index (κ3) is 3.43. The fraction of sp³-hybridized carbons (Fsp3) is 0.360. The van der Waals surface area contributed by atoms with Crippen LogP contribution in [-0.4, -0.2) is 27.5 Å². The van der Waals surface area contributed by atoms with E-state index in [2.05, 4.69) is 81.7 Å². The second-order valence-electron chi connectivity index (χ2n) is 8.53. The van der Waals surface area contributed by atoms with Crippen molar-refractivity contribution in [3.8, 4) is 0 Å². The number of benzene rings is 2. The van der Waals surface area contributed by atoms with E-state index in [-0.39, 0.29) is 5.56 Å². The topological polar surface area (TPSA) is 41.4 Å². The Bertz CT molecular complexity index is 1150. The Morgan fingerprint density at radius 3 is 2.23 bits per heavy atom. The molecule has 0 fully saturated rings. The molecule has 1 aromatic heterocycles. The number of nitrogens with zero attached hydrogens (tertiary/aromatic N) is 4. The van der Waals surface area contributed by atoms with Crippen LogP contribution in [0, 0.1) is 13.8 Å². The van der Waals surface area contributed by atoms with Crippen molar-refractivity contribution >= 4 is 5.95 Å². The Labute approximate surface area is 177 Å². The van der Waals surface area contributed by atoms with Crippen molar-refractivity contribution in [1.82, 2.24) is 14.5 Å². The van der Waals surface area contributed by atoms with Crippen LogP contribution in [0.15, 0.2) is 53.3 Å². The molecule has 0 unspecified atom stereocenters. The van der Waals surface area contributed by atoms with Gasteiger partial charge in [0.15, 0.2) is 0 Å². The van der Waals surface area contributed by atoms with Crippen molar-refractivity contribution in [2.24, 2.45) is 0 Å². The quantitative estimate of drug-likeness (QED) is 0.673. The molecular weight excluding hydrogens is 372 g/mol. The van der Waals surface area contributed by atoms with Gasteiger partial charge in [0, 0.05) is 51.4 Å². The van der Waals surface area contributed by atoms with E-state index in [1.54, 1.807) is 0 Å². The van der Waals surface area contributed by atoms with Gasteiger partial charge in [-0.05, 0) is 36.1 Å². The second-order valence-corrected chi connectivity index (χ2v) is 8.53. The molecule has 2 aromatic carbocycles. The van der Waals surface area contributed by atoms with Gasteiger partial charge in [-0.15, -0.1) is 0 Å². The molecule has 0 spiro atoms. The molecular formula is C25H28N4O. The van der Waals surface area contributed by atoms with Crippen LogP contribution in [0.3, 0.4) is 0 Å². The molecule has 0 N–H and O–H groups in total. The first-order valence-corrected chi connectivity index (χ1v) is 10.8. The lowest BCUT2D eigenvalue weighted by atomic mass is 10.0. The summed E-state index contributed by atoms with van der Waals surface area (Å²) in [5.41, 5.74) is 7.24. The highest BCUT2D eigenvalue weighted by Crippen LogP contribution is 2.27.